The number of benzene rings is 1. The molecule has 0 fully saturated rings. The summed E-state index contributed by atoms with van der Waals surface area (Å²) in [5.74, 6) is -0.536. The van der Waals surface area contributed by atoms with E-state index in [2.05, 4.69) is 15.4 Å². The third-order valence-electron chi connectivity index (χ3n) is 2.19. The van der Waals surface area contributed by atoms with Crippen LogP contribution in [0.3, 0.4) is 0 Å². The van der Waals surface area contributed by atoms with Crippen molar-refractivity contribution in [2.45, 2.75) is 6.92 Å². The molecule has 2 aromatic rings. The molecule has 0 bridgehead atoms. The zero-order valence-electron chi connectivity index (χ0n) is 9.17. The van der Waals surface area contributed by atoms with E-state index in [1.54, 1.807) is 18.2 Å². The summed E-state index contributed by atoms with van der Waals surface area (Å²) in [4.78, 5) is 11.0. The Kier molecular flexibility index (Phi) is 3.04. The van der Waals surface area contributed by atoms with Crippen LogP contribution in [0.25, 0.3) is 11.3 Å². The lowest BCUT2D eigenvalue weighted by molar-refractivity contribution is 0.0691. The van der Waals surface area contributed by atoms with E-state index in [-0.39, 0.29) is 11.4 Å². The van der Waals surface area contributed by atoms with Gasteiger partial charge in [0.15, 0.2) is 5.69 Å². The number of aromatic amines is 1. The van der Waals surface area contributed by atoms with Gasteiger partial charge in [0.1, 0.15) is 11.4 Å². The number of carboxylic acid groups (broad SMARTS) is 1. The van der Waals surface area contributed by atoms with E-state index in [4.69, 9.17) is 9.84 Å². The SMILES string of the molecule is CCOc1ccccc1-c1n[nH]nc1C(=O)O. The summed E-state index contributed by atoms with van der Waals surface area (Å²) < 4.78 is 5.42. The van der Waals surface area contributed by atoms with E-state index in [1.165, 1.54) is 0 Å². The zero-order valence-corrected chi connectivity index (χ0v) is 9.17. The Labute approximate surface area is 97.2 Å². The van der Waals surface area contributed by atoms with Crippen molar-refractivity contribution in [2.75, 3.05) is 6.61 Å². The maximum atomic E-state index is 11.0. The molecule has 0 radical (unpaired) electrons. The van der Waals surface area contributed by atoms with E-state index in [9.17, 15) is 4.79 Å². The Bertz CT molecular complexity index is 536. The predicted molar refractivity (Wildman–Crippen MR) is 59.9 cm³/mol. The van der Waals surface area contributed by atoms with Crippen molar-refractivity contribution in [1.29, 1.82) is 0 Å². The van der Waals surface area contributed by atoms with Gasteiger partial charge in [-0.25, -0.2) is 4.79 Å². The van der Waals surface area contributed by atoms with Gasteiger partial charge in [-0.3, -0.25) is 0 Å². The summed E-state index contributed by atoms with van der Waals surface area (Å²) in [5.41, 5.74) is 0.777. The Morgan fingerprint density at radius 3 is 2.88 bits per heavy atom. The molecule has 0 spiro atoms. The summed E-state index contributed by atoms with van der Waals surface area (Å²) >= 11 is 0. The van der Waals surface area contributed by atoms with Crippen molar-refractivity contribution >= 4 is 5.97 Å². The quantitative estimate of drug-likeness (QED) is 0.836. The first kappa shape index (κ1) is 11.1. The van der Waals surface area contributed by atoms with Crippen molar-refractivity contribution < 1.29 is 14.6 Å². The Morgan fingerprint density at radius 2 is 2.18 bits per heavy atom. The van der Waals surface area contributed by atoms with Gasteiger partial charge in [0.25, 0.3) is 0 Å². The van der Waals surface area contributed by atoms with Crippen LogP contribution in [0.1, 0.15) is 17.4 Å². The molecule has 1 aromatic carbocycles. The topological polar surface area (TPSA) is 88.1 Å². The first-order valence-corrected chi connectivity index (χ1v) is 5.10. The van der Waals surface area contributed by atoms with Crippen LogP contribution in [-0.4, -0.2) is 33.1 Å². The Hall–Kier alpha value is -2.37. The summed E-state index contributed by atoms with van der Waals surface area (Å²) in [6.45, 7) is 2.36. The molecule has 0 saturated heterocycles. The van der Waals surface area contributed by atoms with Crippen LogP contribution in [0.15, 0.2) is 24.3 Å². The molecule has 1 aromatic heterocycles. The highest BCUT2D eigenvalue weighted by molar-refractivity contribution is 5.93. The minimum Gasteiger partial charge on any atom is -0.493 e. The molecule has 1 heterocycles. The number of carboxylic acids is 1. The van der Waals surface area contributed by atoms with E-state index in [1.807, 2.05) is 13.0 Å². The number of ether oxygens (including phenoxy) is 1. The molecule has 17 heavy (non-hydrogen) atoms. The molecule has 0 aliphatic carbocycles. The minimum atomic E-state index is -1.12. The zero-order chi connectivity index (χ0) is 12.3. The fourth-order valence-electron chi connectivity index (χ4n) is 1.51. The maximum Gasteiger partial charge on any atom is 0.358 e. The van der Waals surface area contributed by atoms with Gasteiger partial charge in [-0.2, -0.15) is 10.3 Å². The smallest absolute Gasteiger partial charge is 0.358 e. The molecular formula is C11H11N3O3. The lowest BCUT2D eigenvalue weighted by atomic mass is 10.1. The van der Waals surface area contributed by atoms with Gasteiger partial charge in [0.05, 0.1) is 6.61 Å². The van der Waals surface area contributed by atoms with E-state index in [0.29, 0.717) is 17.9 Å². The van der Waals surface area contributed by atoms with Gasteiger partial charge >= 0.3 is 5.97 Å². The second kappa shape index (κ2) is 4.65. The lowest BCUT2D eigenvalue weighted by Gasteiger charge is -2.07. The molecular weight excluding hydrogens is 222 g/mol. The normalized spacial score (nSPS) is 10.2. The lowest BCUT2D eigenvalue weighted by Crippen LogP contribution is -2.01. The van der Waals surface area contributed by atoms with Crippen LogP contribution in [0.4, 0.5) is 0 Å². The standard InChI is InChI=1S/C11H11N3O3/c1-2-17-8-6-4-3-5-7(8)9-10(11(15)16)13-14-12-9/h3-6H,2H2,1H3,(H,15,16)(H,12,13,14). The van der Waals surface area contributed by atoms with Crippen molar-refractivity contribution in [1.82, 2.24) is 15.4 Å². The van der Waals surface area contributed by atoms with Crippen LogP contribution in [-0.2, 0) is 0 Å². The molecule has 88 valence electrons. The van der Waals surface area contributed by atoms with Crippen LogP contribution in [0, 0.1) is 0 Å². The Morgan fingerprint density at radius 1 is 1.41 bits per heavy atom. The molecule has 6 heteroatoms. The highest BCUT2D eigenvalue weighted by Gasteiger charge is 2.19. The molecule has 0 aliphatic rings. The number of nitrogens with one attached hydrogen (secondary N) is 1. The predicted octanol–water partition coefficient (Wildman–Crippen LogP) is 1.57. The first-order valence-electron chi connectivity index (χ1n) is 5.10. The fraction of sp³-hybridized carbons (Fsp3) is 0.182. The number of nitrogens with zero attached hydrogens (tertiary/aromatic N) is 2. The molecule has 0 saturated carbocycles. The number of hydrogen-bond donors (Lipinski definition) is 2. The number of rotatable bonds is 4. The molecule has 2 rings (SSSR count). The second-order valence-electron chi connectivity index (χ2n) is 3.26. The number of para-hydroxylation sites is 1. The van der Waals surface area contributed by atoms with Crippen molar-refractivity contribution in [3.05, 3.63) is 30.0 Å². The van der Waals surface area contributed by atoms with E-state index in [0.717, 1.165) is 0 Å². The van der Waals surface area contributed by atoms with E-state index >= 15 is 0 Å². The fourth-order valence-corrected chi connectivity index (χ4v) is 1.51. The molecule has 0 amide bonds. The highest BCUT2D eigenvalue weighted by Crippen LogP contribution is 2.29. The van der Waals surface area contributed by atoms with Gasteiger partial charge in [-0.15, -0.1) is 5.10 Å². The first-order chi connectivity index (χ1) is 8.24. The van der Waals surface area contributed by atoms with Gasteiger partial charge in [0, 0.05) is 5.56 Å². The van der Waals surface area contributed by atoms with Gasteiger partial charge in [-0.05, 0) is 19.1 Å². The number of carbonyl (C=O) groups is 1. The van der Waals surface area contributed by atoms with Crippen LogP contribution in [0.2, 0.25) is 0 Å². The molecule has 6 nitrogen and oxygen atoms in total. The molecule has 2 N–H and O–H groups in total. The van der Waals surface area contributed by atoms with Gasteiger partial charge in [0.2, 0.25) is 0 Å². The average Bonchev–Trinajstić information content (AvgIpc) is 2.79. The summed E-state index contributed by atoms with van der Waals surface area (Å²) in [7, 11) is 0. The number of aromatic carboxylic acids is 1. The Balaban J connectivity index is 2.52. The van der Waals surface area contributed by atoms with Crippen LogP contribution >= 0.6 is 0 Å². The van der Waals surface area contributed by atoms with Gasteiger partial charge in [-0.1, -0.05) is 12.1 Å². The van der Waals surface area contributed by atoms with Crippen LogP contribution in [0.5, 0.6) is 5.75 Å². The summed E-state index contributed by atoms with van der Waals surface area (Å²) in [5, 5.41) is 18.7. The van der Waals surface area contributed by atoms with Crippen molar-refractivity contribution in [2.24, 2.45) is 0 Å². The van der Waals surface area contributed by atoms with E-state index < -0.39 is 5.97 Å². The van der Waals surface area contributed by atoms with Crippen molar-refractivity contribution in [3.8, 4) is 17.0 Å². The number of hydrogen-bond acceptors (Lipinski definition) is 4. The third kappa shape index (κ3) is 2.10. The largest absolute Gasteiger partial charge is 0.493 e. The third-order valence-corrected chi connectivity index (χ3v) is 2.19. The monoisotopic (exact) mass is 233 g/mol. The van der Waals surface area contributed by atoms with Crippen LogP contribution < -0.4 is 4.74 Å². The summed E-state index contributed by atoms with van der Waals surface area (Å²) in [6, 6.07) is 7.11. The molecule has 0 aliphatic heterocycles. The maximum absolute atomic E-state index is 11.0. The number of aromatic nitrogens is 3. The molecule has 0 unspecified atom stereocenters. The molecule has 0 atom stereocenters. The average molecular weight is 233 g/mol. The minimum absolute atomic E-state index is 0.114. The second-order valence-corrected chi connectivity index (χ2v) is 3.26. The summed E-state index contributed by atoms with van der Waals surface area (Å²) in [6.07, 6.45) is 0. The van der Waals surface area contributed by atoms with Crippen molar-refractivity contribution in [3.63, 3.8) is 0 Å². The highest BCUT2D eigenvalue weighted by atomic mass is 16.5. The number of H-pyrrole nitrogens is 1. The van der Waals surface area contributed by atoms with Gasteiger partial charge < -0.3 is 9.84 Å².